The monoisotopic (exact) mass is 318 g/mol. The van der Waals surface area contributed by atoms with Crippen molar-refractivity contribution in [2.75, 3.05) is 26.2 Å². The van der Waals surface area contributed by atoms with Gasteiger partial charge in [-0.15, -0.1) is 0 Å². The molecule has 0 saturated carbocycles. The third-order valence-corrected chi connectivity index (χ3v) is 4.58. The molecule has 0 aliphatic carbocycles. The molecule has 3 rings (SSSR count). The first kappa shape index (κ1) is 16.1. The zero-order valence-corrected chi connectivity index (χ0v) is 13.8. The SMILES string of the molecule is CC1CCCCN1C(=O)CCNCC1COc2ccccc2O1. The maximum atomic E-state index is 12.3. The summed E-state index contributed by atoms with van der Waals surface area (Å²) in [5, 5.41) is 3.32. The van der Waals surface area contributed by atoms with Gasteiger partial charge in [0.25, 0.3) is 0 Å². The molecule has 0 aromatic heterocycles. The lowest BCUT2D eigenvalue weighted by Crippen LogP contribution is -2.44. The van der Waals surface area contributed by atoms with Crippen LogP contribution in [0, 0.1) is 0 Å². The van der Waals surface area contributed by atoms with Crippen molar-refractivity contribution in [2.45, 2.75) is 44.8 Å². The lowest BCUT2D eigenvalue weighted by Gasteiger charge is -2.33. The number of nitrogens with zero attached hydrogens (tertiary/aromatic N) is 1. The second kappa shape index (κ2) is 7.68. The number of fused-ring (bicyclic) bond motifs is 1. The Kier molecular flexibility index (Phi) is 5.39. The van der Waals surface area contributed by atoms with Crippen LogP contribution in [0.5, 0.6) is 11.5 Å². The van der Waals surface area contributed by atoms with Crippen LogP contribution in [0.2, 0.25) is 0 Å². The van der Waals surface area contributed by atoms with Crippen molar-refractivity contribution in [2.24, 2.45) is 0 Å². The Bertz CT molecular complexity index is 535. The Morgan fingerprint density at radius 3 is 2.96 bits per heavy atom. The van der Waals surface area contributed by atoms with Gasteiger partial charge < -0.3 is 19.7 Å². The number of hydrogen-bond acceptors (Lipinski definition) is 4. The lowest BCUT2D eigenvalue weighted by molar-refractivity contribution is -0.134. The van der Waals surface area contributed by atoms with E-state index in [2.05, 4.69) is 12.2 Å². The van der Waals surface area contributed by atoms with E-state index in [4.69, 9.17) is 9.47 Å². The zero-order valence-electron chi connectivity index (χ0n) is 13.8. The summed E-state index contributed by atoms with van der Waals surface area (Å²) in [4.78, 5) is 14.3. The fraction of sp³-hybridized carbons (Fsp3) is 0.611. The van der Waals surface area contributed by atoms with Gasteiger partial charge in [0.2, 0.25) is 5.91 Å². The second-order valence-corrected chi connectivity index (χ2v) is 6.38. The predicted octanol–water partition coefficient (Wildman–Crippen LogP) is 2.21. The summed E-state index contributed by atoms with van der Waals surface area (Å²) in [6.45, 7) is 4.98. The molecule has 2 heterocycles. The molecule has 1 N–H and O–H groups in total. The molecule has 5 nitrogen and oxygen atoms in total. The topological polar surface area (TPSA) is 50.8 Å². The quantitative estimate of drug-likeness (QED) is 0.846. The molecule has 0 spiro atoms. The van der Waals surface area contributed by atoms with Crippen molar-refractivity contribution in [1.82, 2.24) is 10.2 Å². The Morgan fingerprint density at radius 1 is 1.30 bits per heavy atom. The van der Waals surface area contributed by atoms with Crippen LogP contribution in [-0.2, 0) is 4.79 Å². The minimum Gasteiger partial charge on any atom is -0.486 e. The number of amides is 1. The van der Waals surface area contributed by atoms with Gasteiger partial charge in [-0.05, 0) is 38.3 Å². The third kappa shape index (κ3) is 4.16. The molecule has 126 valence electrons. The van der Waals surface area contributed by atoms with E-state index in [0.29, 0.717) is 32.2 Å². The van der Waals surface area contributed by atoms with E-state index in [1.54, 1.807) is 0 Å². The first-order valence-electron chi connectivity index (χ1n) is 8.62. The van der Waals surface area contributed by atoms with E-state index >= 15 is 0 Å². The summed E-state index contributed by atoms with van der Waals surface area (Å²) < 4.78 is 11.6. The molecule has 23 heavy (non-hydrogen) atoms. The lowest BCUT2D eigenvalue weighted by atomic mass is 10.0. The van der Waals surface area contributed by atoms with Crippen LogP contribution >= 0.6 is 0 Å². The summed E-state index contributed by atoms with van der Waals surface area (Å²) in [5.74, 6) is 1.86. The van der Waals surface area contributed by atoms with Gasteiger partial charge in [0, 0.05) is 32.1 Å². The molecule has 2 aliphatic rings. The number of nitrogens with one attached hydrogen (secondary N) is 1. The summed E-state index contributed by atoms with van der Waals surface area (Å²) in [5.41, 5.74) is 0. The summed E-state index contributed by atoms with van der Waals surface area (Å²) in [6, 6.07) is 8.10. The molecule has 1 aromatic carbocycles. The number of piperidine rings is 1. The van der Waals surface area contributed by atoms with Crippen molar-refractivity contribution in [1.29, 1.82) is 0 Å². The van der Waals surface area contributed by atoms with Crippen LogP contribution in [0.15, 0.2) is 24.3 Å². The van der Waals surface area contributed by atoms with Gasteiger partial charge in [-0.3, -0.25) is 4.79 Å². The van der Waals surface area contributed by atoms with Crippen LogP contribution in [-0.4, -0.2) is 49.2 Å². The molecule has 1 saturated heterocycles. The molecule has 1 amide bonds. The first-order chi connectivity index (χ1) is 11.2. The Hall–Kier alpha value is -1.75. The number of ether oxygens (including phenoxy) is 2. The number of carbonyl (C=O) groups excluding carboxylic acids is 1. The van der Waals surface area contributed by atoms with E-state index < -0.39 is 0 Å². The normalized spacial score (nSPS) is 23.6. The number of benzene rings is 1. The molecule has 2 unspecified atom stereocenters. The van der Waals surface area contributed by atoms with E-state index in [9.17, 15) is 4.79 Å². The van der Waals surface area contributed by atoms with E-state index in [1.807, 2.05) is 29.2 Å². The molecular weight excluding hydrogens is 292 g/mol. The summed E-state index contributed by atoms with van der Waals surface area (Å²) >= 11 is 0. The molecule has 5 heteroatoms. The van der Waals surface area contributed by atoms with Gasteiger partial charge >= 0.3 is 0 Å². The number of hydrogen-bond donors (Lipinski definition) is 1. The van der Waals surface area contributed by atoms with Crippen molar-refractivity contribution in [3.8, 4) is 11.5 Å². The number of rotatable bonds is 5. The molecule has 1 aromatic rings. The highest BCUT2D eigenvalue weighted by Crippen LogP contribution is 2.30. The van der Waals surface area contributed by atoms with Gasteiger partial charge in [0.1, 0.15) is 12.7 Å². The minimum absolute atomic E-state index is 0.00564. The number of carbonyl (C=O) groups is 1. The second-order valence-electron chi connectivity index (χ2n) is 6.38. The van der Waals surface area contributed by atoms with Crippen molar-refractivity contribution in [3.05, 3.63) is 24.3 Å². The molecule has 0 bridgehead atoms. The Labute approximate surface area is 137 Å². The van der Waals surface area contributed by atoms with Crippen LogP contribution in [0.25, 0.3) is 0 Å². The standard InChI is InChI=1S/C18H26N2O3/c1-14-6-4-5-11-20(14)18(21)9-10-19-12-15-13-22-16-7-2-3-8-17(16)23-15/h2-3,7-8,14-15,19H,4-6,9-13H2,1H3. The highest BCUT2D eigenvalue weighted by molar-refractivity contribution is 5.76. The smallest absolute Gasteiger partial charge is 0.224 e. The fourth-order valence-electron chi connectivity index (χ4n) is 3.23. The maximum Gasteiger partial charge on any atom is 0.224 e. The van der Waals surface area contributed by atoms with Crippen LogP contribution in [0.4, 0.5) is 0 Å². The van der Waals surface area contributed by atoms with Crippen LogP contribution in [0.3, 0.4) is 0 Å². The largest absolute Gasteiger partial charge is 0.486 e. The van der Waals surface area contributed by atoms with Gasteiger partial charge in [0.15, 0.2) is 11.5 Å². The average molecular weight is 318 g/mol. The Balaban J connectivity index is 1.36. The third-order valence-electron chi connectivity index (χ3n) is 4.58. The van der Waals surface area contributed by atoms with Crippen molar-refractivity contribution in [3.63, 3.8) is 0 Å². The molecule has 1 fully saturated rings. The molecular formula is C18H26N2O3. The highest BCUT2D eigenvalue weighted by atomic mass is 16.6. The van der Waals surface area contributed by atoms with Gasteiger partial charge in [-0.2, -0.15) is 0 Å². The molecule has 2 aliphatic heterocycles. The Morgan fingerprint density at radius 2 is 2.13 bits per heavy atom. The summed E-state index contributed by atoms with van der Waals surface area (Å²) in [7, 11) is 0. The number of para-hydroxylation sites is 2. The van der Waals surface area contributed by atoms with Crippen molar-refractivity contribution >= 4 is 5.91 Å². The van der Waals surface area contributed by atoms with Gasteiger partial charge in [-0.25, -0.2) is 0 Å². The zero-order chi connectivity index (χ0) is 16.1. The maximum absolute atomic E-state index is 12.3. The van der Waals surface area contributed by atoms with E-state index in [1.165, 1.54) is 6.42 Å². The van der Waals surface area contributed by atoms with Gasteiger partial charge in [-0.1, -0.05) is 12.1 Å². The molecule has 2 atom stereocenters. The van der Waals surface area contributed by atoms with Gasteiger partial charge in [0.05, 0.1) is 0 Å². The number of likely N-dealkylation sites (tertiary alicyclic amines) is 1. The first-order valence-corrected chi connectivity index (χ1v) is 8.62. The minimum atomic E-state index is -0.00564. The van der Waals surface area contributed by atoms with Crippen molar-refractivity contribution < 1.29 is 14.3 Å². The van der Waals surface area contributed by atoms with E-state index in [0.717, 1.165) is 30.9 Å². The van der Waals surface area contributed by atoms with Crippen LogP contribution in [0.1, 0.15) is 32.6 Å². The fourth-order valence-corrected chi connectivity index (χ4v) is 3.23. The average Bonchev–Trinajstić information content (AvgIpc) is 2.59. The highest BCUT2D eigenvalue weighted by Gasteiger charge is 2.23. The van der Waals surface area contributed by atoms with Crippen LogP contribution < -0.4 is 14.8 Å². The predicted molar refractivity (Wildman–Crippen MR) is 88.9 cm³/mol. The molecule has 0 radical (unpaired) electrons. The van der Waals surface area contributed by atoms with E-state index in [-0.39, 0.29) is 12.0 Å². The summed E-state index contributed by atoms with van der Waals surface area (Å²) in [6.07, 6.45) is 4.05.